The van der Waals surface area contributed by atoms with Crippen LogP contribution in [-0.2, 0) is 6.18 Å². The van der Waals surface area contributed by atoms with Crippen molar-refractivity contribution >= 4 is 22.9 Å². The highest BCUT2D eigenvalue weighted by Gasteiger charge is 2.34. The van der Waals surface area contributed by atoms with Gasteiger partial charge in [0.25, 0.3) is 0 Å². The standard InChI is InChI=1S/C13H16ClF3N4/c1-9(2)20(6-3-4-14)12-10-8-11(13(15,16)17)19-21(10)7-5-18-12/h5,7-9H,3-4,6H2,1-2H3. The van der Waals surface area contributed by atoms with Crippen molar-refractivity contribution in [3.05, 3.63) is 24.2 Å². The summed E-state index contributed by atoms with van der Waals surface area (Å²) < 4.78 is 39.6. The molecule has 0 saturated heterocycles. The molecule has 0 N–H and O–H groups in total. The number of hydrogen-bond donors (Lipinski definition) is 0. The Labute approximate surface area is 125 Å². The van der Waals surface area contributed by atoms with Crippen molar-refractivity contribution in [2.75, 3.05) is 17.3 Å². The maximum Gasteiger partial charge on any atom is 0.435 e. The predicted molar refractivity (Wildman–Crippen MR) is 75.8 cm³/mol. The molecule has 0 atom stereocenters. The topological polar surface area (TPSA) is 33.4 Å². The van der Waals surface area contributed by atoms with Crippen LogP contribution in [0.15, 0.2) is 18.5 Å². The number of anilines is 1. The first-order valence-corrected chi connectivity index (χ1v) is 7.12. The lowest BCUT2D eigenvalue weighted by Crippen LogP contribution is -2.33. The van der Waals surface area contributed by atoms with Gasteiger partial charge in [-0.25, -0.2) is 9.50 Å². The van der Waals surface area contributed by atoms with E-state index in [2.05, 4.69) is 10.1 Å². The SMILES string of the molecule is CC(C)N(CCCCl)c1nccn2nc(C(F)(F)F)cc12. The number of fused-ring (bicyclic) bond motifs is 1. The lowest BCUT2D eigenvalue weighted by Gasteiger charge is -2.28. The maximum absolute atomic E-state index is 12.8. The van der Waals surface area contributed by atoms with Crippen LogP contribution in [0.3, 0.4) is 0 Å². The second-order valence-corrected chi connectivity index (χ2v) is 5.32. The minimum atomic E-state index is -4.47. The Kier molecular flexibility index (Phi) is 4.61. The van der Waals surface area contributed by atoms with Gasteiger partial charge in [-0.2, -0.15) is 18.3 Å². The highest BCUT2D eigenvalue weighted by atomic mass is 35.5. The summed E-state index contributed by atoms with van der Waals surface area (Å²) in [6.07, 6.45) is -0.884. The van der Waals surface area contributed by atoms with E-state index < -0.39 is 11.9 Å². The molecular formula is C13H16ClF3N4. The van der Waals surface area contributed by atoms with E-state index in [4.69, 9.17) is 11.6 Å². The van der Waals surface area contributed by atoms with Gasteiger partial charge in [0, 0.05) is 36.9 Å². The van der Waals surface area contributed by atoms with E-state index in [0.717, 1.165) is 12.5 Å². The zero-order chi connectivity index (χ0) is 15.6. The molecule has 0 unspecified atom stereocenters. The summed E-state index contributed by atoms with van der Waals surface area (Å²) in [4.78, 5) is 6.16. The van der Waals surface area contributed by atoms with Gasteiger partial charge in [0.1, 0.15) is 5.52 Å². The Morgan fingerprint density at radius 1 is 1.38 bits per heavy atom. The molecule has 2 rings (SSSR count). The minimum absolute atomic E-state index is 0.0937. The van der Waals surface area contributed by atoms with Crippen molar-refractivity contribution in [2.45, 2.75) is 32.5 Å². The summed E-state index contributed by atoms with van der Waals surface area (Å²) in [6, 6.07) is 1.12. The maximum atomic E-state index is 12.8. The van der Waals surface area contributed by atoms with Crippen LogP contribution in [0.4, 0.5) is 19.0 Å². The molecule has 21 heavy (non-hydrogen) atoms. The molecule has 0 saturated carbocycles. The first-order valence-electron chi connectivity index (χ1n) is 6.58. The van der Waals surface area contributed by atoms with Crippen LogP contribution < -0.4 is 4.90 Å². The van der Waals surface area contributed by atoms with Gasteiger partial charge in [0.15, 0.2) is 11.5 Å². The third-order valence-corrected chi connectivity index (χ3v) is 3.36. The van der Waals surface area contributed by atoms with Crippen LogP contribution in [0.25, 0.3) is 5.52 Å². The smallest absolute Gasteiger partial charge is 0.352 e. The van der Waals surface area contributed by atoms with Crippen LogP contribution in [0.1, 0.15) is 26.0 Å². The molecule has 0 spiro atoms. The Morgan fingerprint density at radius 3 is 2.67 bits per heavy atom. The van der Waals surface area contributed by atoms with E-state index in [1.54, 1.807) is 0 Å². The monoisotopic (exact) mass is 320 g/mol. The van der Waals surface area contributed by atoms with Gasteiger partial charge in [-0.3, -0.25) is 0 Å². The van der Waals surface area contributed by atoms with Crippen LogP contribution in [0.5, 0.6) is 0 Å². The third kappa shape index (κ3) is 3.40. The number of alkyl halides is 4. The molecule has 0 bridgehead atoms. The Bertz CT molecular complexity index is 609. The molecule has 2 aromatic rings. The summed E-state index contributed by atoms with van der Waals surface area (Å²) >= 11 is 5.71. The van der Waals surface area contributed by atoms with Crippen molar-refractivity contribution in [1.82, 2.24) is 14.6 Å². The molecule has 116 valence electrons. The van der Waals surface area contributed by atoms with Crippen molar-refractivity contribution < 1.29 is 13.2 Å². The van der Waals surface area contributed by atoms with Gasteiger partial charge >= 0.3 is 6.18 Å². The molecule has 0 aliphatic heterocycles. The lowest BCUT2D eigenvalue weighted by molar-refractivity contribution is -0.141. The summed E-state index contributed by atoms with van der Waals surface area (Å²) in [5.74, 6) is 0.972. The number of aromatic nitrogens is 3. The van der Waals surface area contributed by atoms with Crippen molar-refractivity contribution in [3.63, 3.8) is 0 Å². The molecule has 4 nitrogen and oxygen atoms in total. The molecule has 0 fully saturated rings. The lowest BCUT2D eigenvalue weighted by atomic mass is 10.2. The fourth-order valence-corrected chi connectivity index (χ4v) is 2.23. The number of rotatable bonds is 5. The number of halogens is 4. The second-order valence-electron chi connectivity index (χ2n) is 4.94. The van der Waals surface area contributed by atoms with Crippen molar-refractivity contribution in [3.8, 4) is 0 Å². The van der Waals surface area contributed by atoms with Gasteiger partial charge < -0.3 is 4.90 Å². The largest absolute Gasteiger partial charge is 0.435 e. The third-order valence-electron chi connectivity index (χ3n) is 3.09. The minimum Gasteiger partial charge on any atom is -0.352 e. The quantitative estimate of drug-likeness (QED) is 0.789. The molecule has 0 aliphatic carbocycles. The van der Waals surface area contributed by atoms with Crippen molar-refractivity contribution in [2.24, 2.45) is 0 Å². The van der Waals surface area contributed by atoms with Crippen molar-refractivity contribution in [1.29, 1.82) is 0 Å². The van der Waals surface area contributed by atoms with Gasteiger partial charge in [0.05, 0.1) is 0 Å². The van der Waals surface area contributed by atoms with Crippen LogP contribution in [0, 0.1) is 0 Å². The summed E-state index contributed by atoms with van der Waals surface area (Å²) in [5.41, 5.74) is -0.578. The van der Waals surface area contributed by atoms with E-state index in [0.29, 0.717) is 23.8 Å². The fraction of sp³-hybridized carbons (Fsp3) is 0.538. The molecule has 0 aliphatic rings. The summed E-state index contributed by atoms with van der Waals surface area (Å²) in [7, 11) is 0. The summed E-state index contributed by atoms with van der Waals surface area (Å²) in [6.45, 7) is 4.54. The summed E-state index contributed by atoms with van der Waals surface area (Å²) in [5, 5.41) is 3.57. The highest BCUT2D eigenvalue weighted by molar-refractivity contribution is 6.17. The fourth-order valence-electron chi connectivity index (χ4n) is 2.11. The zero-order valence-electron chi connectivity index (χ0n) is 11.7. The van der Waals surface area contributed by atoms with Gasteiger partial charge in [-0.15, -0.1) is 11.6 Å². The molecular weight excluding hydrogens is 305 g/mol. The van der Waals surface area contributed by atoms with Crippen LogP contribution in [-0.4, -0.2) is 33.1 Å². The zero-order valence-corrected chi connectivity index (χ0v) is 12.5. The Morgan fingerprint density at radius 2 is 2.10 bits per heavy atom. The number of nitrogens with zero attached hydrogens (tertiary/aromatic N) is 4. The van der Waals surface area contributed by atoms with E-state index in [9.17, 15) is 13.2 Å². The molecule has 8 heteroatoms. The van der Waals surface area contributed by atoms with Gasteiger partial charge in [-0.05, 0) is 20.3 Å². The highest BCUT2D eigenvalue weighted by Crippen LogP contribution is 2.31. The van der Waals surface area contributed by atoms with Crippen LogP contribution >= 0.6 is 11.6 Å². The van der Waals surface area contributed by atoms with Gasteiger partial charge in [-0.1, -0.05) is 0 Å². The Hall–Kier alpha value is -1.50. The van der Waals surface area contributed by atoms with E-state index in [1.807, 2.05) is 18.7 Å². The van der Waals surface area contributed by atoms with E-state index in [1.165, 1.54) is 16.9 Å². The Balaban J connectivity index is 2.49. The van der Waals surface area contributed by atoms with E-state index >= 15 is 0 Å². The first-order chi connectivity index (χ1) is 9.84. The van der Waals surface area contributed by atoms with Gasteiger partial charge in [0.2, 0.25) is 0 Å². The molecule has 0 amide bonds. The molecule has 2 heterocycles. The molecule has 2 aromatic heterocycles. The van der Waals surface area contributed by atoms with E-state index in [-0.39, 0.29) is 6.04 Å². The average molecular weight is 321 g/mol. The number of hydrogen-bond acceptors (Lipinski definition) is 3. The normalized spacial score (nSPS) is 12.3. The molecule has 0 aromatic carbocycles. The second kappa shape index (κ2) is 6.09. The first kappa shape index (κ1) is 15.9. The molecule has 0 radical (unpaired) electrons. The average Bonchev–Trinajstić information content (AvgIpc) is 2.83. The van der Waals surface area contributed by atoms with Crippen LogP contribution in [0.2, 0.25) is 0 Å². The predicted octanol–water partition coefficient (Wildman–Crippen LogP) is 3.59.